The molecule has 1 aliphatic carbocycles. The second-order valence-electron chi connectivity index (χ2n) is 9.02. The average Bonchev–Trinajstić information content (AvgIpc) is 3.62. The first kappa shape index (κ1) is 22.7. The Labute approximate surface area is 213 Å². The van der Waals surface area contributed by atoms with Gasteiger partial charge in [0.15, 0.2) is 5.78 Å². The monoisotopic (exact) mass is 495 g/mol. The minimum Gasteiger partial charge on any atom is -0.497 e. The lowest BCUT2D eigenvalue weighted by atomic mass is 9.81. The number of carbonyl (C=O) groups excluding carboxylic acids is 2. The van der Waals surface area contributed by atoms with Crippen LogP contribution >= 0.6 is 0 Å². The lowest BCUT2D eigenvalue weighted by Gasteiger charge is -2.33. The maximum absolute atomic E-state index is 13.9. The van der Waals surface area contributed by atoms with E-state index in [1.807, 2.05) is 36.4 Å². The molecule has 0 fully saturated rings. The zero-order chi connectivity index (χ0) is 25.4. The van der Waals surface area contributed by atoms with Crippen LogP contribution in [0.3, 0.4) is 0 Å². The molecule has 2 amide bonds. The minimum absolute atomic E-state index is 0.0633. The van der Waals surface area contributed by atoms with Crippen molar-refractivity contribution in [2.45, 2.75) is 24.8 Å². The third kappa shape index (κ3) is 4.16. The van der Waals surface area contributed by atoms with Gasteiger partial charge in [-0.15, -0.1) is 0 Å². The molecule has 6 rings (SSSR count). The van der Waals surface area contributed by atoms with Crippen molar-refractivity contribution < 1.29 is 23.2 Å². The molecular formula is C29H25N3O5. The molecule has 2 atom stereocenters. The number of nitrogens with zero attached hydrogens (tertiary/aromatic N) is 1. The highest BCUT2D eigenvalue weighted by Gasteiger charge is 2.43. The molecule has 8 heteroatoms. The van der Waals surface area contributed by atoms with Crippen LogP contribution in [-0.4, -0.2) is 18.9 Å². The summed E-state index contributed by atoms with van der Waals surface area (Å²) in [7, 11) is 1.59. The number of benzene rings is 2. The highest BCUT2D eigenvalue weighted by molar-refractivity contribution is 6.09. The van der Waals surface area contributed by atoms with E-state index in [2.05, 4.69) is 10.6 Å². The van der Waals surface area contributed by atoms with Crippen molar-refractivity contribution in [3.63, 3.8) is 0 Å². The molecule has 0 spiro atoms. The van der Waals surface area contributed by atoms with Gasteiger partial charge in [0.2, 0.25) is 0 Å². The van der Waals surface area contributed by atoms with Crippen LogP contribution in [-0.2, 0) is 4.79 Å². The van der Waals surface area contributed by atoms with E-state index in [1.54, 1.807) is 60.9 Å². The maximum Gasteiger partial charge on any atom is 0.327 e. The Bertz CT molecular complexity index is 1460. The van der Waals surface area contributed by atoms with E-state index in [9.17, 15) is 9.59 Å². The van der Waals surface area contributed by atoms with Crippen LogP contribution in [0.15, 0.2) is 105 Å². The van der Waals surface area contributed by atoms with Crippen molar-refractivity contribution >= 4 is 28.9 Å². The largest absolute Gasteiger partial charge is 0.497 e. The van der Waals surface area contributed by atoms with Gasteiger partial charge < -0.3 is 24.2 Å². The lowest BCUT2D eigenvalue weighted by Crippen LogP contribution is -2.40. The first-order chi connectivity index (χ1) is 18.1. The molecule has 2 aromatic heterocycles. The van der Waals surface area contributed by atoms with Gasteiger partial charge in [-0.3, -0.25) is 9.69 Å². The highest BCUT2D eigenvalue weighted by Crippen LogP contribution is 2.47. The van der Waals surface area contributed by atoms with Crippen molar-refractivity contribution in [1.29, 1.82) is 0 Å². The molecule has 2 aromatic carbocycles. The number of Topliss-reactive ketones (excluding diaryl/α,β-unsaturated/α-hetero) is 1. The van der Waals surface area contributed by atoms with E-state index in [4.69, 9.17) is 13.6 Å². The van der Waals surface area contributed by atoms with Gasteiger partial charge >= 0.3 is 6.03 Å². The fraction of sp³-hybridized carbons (Fsp3) is 0.172. The summed E-state index contributed by atoms with van der Waals surface area (Å²) in [6.45, 7) is 0. The van der Waals surface area contributed by atoms with E-state index < -0.39 is 12.1 Å². The Morgan fingerprint density at radius 1 is 0.946 bits per heavy atom. The van der Waals surface area contributed by atoms with E-state index in [0.29, 0.717) is 34.9 Å². The molecule has 2 aliphatic rings. The van der Waals surface area contributed by atoms with Crippen molar-refractivity contribution in [2.24, 2.45) is 0 Å². The molecule has 8 nitrogen and oxygen atoms in total. The van der Waals surface area contributed by atoms with Crippen LogP contribution in [0.25, 0.3) is 0 Å². The maximum atomic E-state index is 13.9. The van der Waals surface area contributed by atoms with E-state index in [-0.39, 0.29) is 18.1 Å². The molecule has 3 heterocycles. The molecule has 0 bridgehead atoms. The normalized spacial score (nSPS) is 18.9. The number of ketones is 1. The van der Waals surface area contributed by atoms with Crippen molar-refractivity contribution in [3.8, 4) is 5.75 Å². The molecule has 2 N–H and O–H groups in total. The summed E-state index contributed by atoms with van der Waals surface area (Å²) < 4.78 is 16.7. The summed E-state index contributed by atoms with van der Waals surface area (Å²) in [4.78, 5) is 29.3. The van der Waals surface area contributed by atoms with Gasteiger partial charge in [0.25, 0.3) is 0 Å². The van der Waals surface area contributed by atoms with Crippen molar-refractivity contribution in [3.05, 3.63) is 108 Å². The standard InChI is InChI=1S/C29H25N3O5/c1-35-20-12-10-19(11-13-20)30-29(34)32-23-7-3-2-6-21(23)31-22-16-18(25-8-4-14-36-25)17-24(33)27(22)28(32)26-9-5-15-37-26/h2-15,18,28,31H,16-17H2,1H3,(H,30,34)/t18-,28-/m0/s1. The second-order valence-corrected chi connectivity index (χ2v) is 9.02. The summed E-state index contributed by atoms with van der Waals surface area (Å²) in [5.41, 5.74) is 3.22. The number of urea groups is 1. The first-order valence-corrected chi connectivity index (χ1v) is 12.1. The Kier molecular flexibility index (Phi) is 5.76. The van der Waals surface area contributed by atoms with Gasteiger partial charge in [0.05, 0.1) is 31.0 Å². The number of carbonyl (C=O) groups is 2. The second kappa shape index (κ2) is 9.39. The number of allylic oxidation sites excluding steroid dienone is 1. The third-order valence-corrected chi connectivity index (χ3v) is 6.81. The molecule has 0 saturated heterocycles. The zero-order valence-electron chi connectivity index (χ0n) is 20.1. The van der Waals surface area contributed by atoms with Crippen LogP contribution in [0.2, 0.25) is 0 Å². The van der Waals surface area contributed by atoms with Gasteiger partial charge in [0, 0.05) is 29.3 Å². The quantitative estimate of drug-likeness (QED) is 0.336. The fourth-order valence-electron chi connectivity index (χ4n) is 5.11. The number of furan rings is 2. The molecule has 0 unspecified atom stereocenters. The molecule has 0 radical (unpaired) electrons. The summed E-state index contributed by atoms with van der Waals surface area (Å²) in [5.74, 6) is 1.79. The van der Waals surface area contributed by atoms with Gasteiger partial charge in [0.1, 0.15) is 23.3 Å². The van der Waals surface area contributed by atoms with Crippen molar-refractivity contribution in [1.82, 2.24) is 0 Å². The molecule has 1 aliphatic heterocycles. The number of anilines is 3. The van der Waals surface area contributed by atoms with Gasteiger partial charge in [-0.25, -0.2) is 4.79 Å². The first-order valence-electron chi connectivity index (χ1n) is 12.1. The summed E-state index contributed by atoms with van der Waals surface area (Å²) in [6.07, 6.45) is 4.01. The average molecular weight is 496 g/mol. The van der Waals surface area contributed by atoms with E-state index >= 15 is 0 Å². The molecule has 4 aromatic rings. The number of hydrogen-bond donors (Lipinski definition) is 2. The minimum atomic E-state index is -0.760. The Balaban J connectivity index is 1.47. The Morgan fingerprint density at radius 2 is 1.68 bits per heavy atom. The number of ether oxygens (including phenoxy) is 1. The number of hydrogen-bond acceptors (Lipinski definition) is 6. The third-order valence-electron chi connectivity index (χ3n) is 6.81. The highest BCUT2D eigenvalue weighted by atomic mass is 16.5. The molecule has 37 heavy (non-hydrogen) atoms. The van der Waals surface area contributed by atoms with Crippen LogP contribution in [0, 0.1) is 0 Å². The Morgan fingerprint density at radius 3 is 2.38 bits per heavy atom. The number of nitrogens with one attached hydrogen (secondary N) is 2. The summed E-state index contributed by atoms with van der Waals surface area (Å²) >= 11 is 0. The lowest BCUT2D eigenvalue weighted by molar-refractivity contribution is -0.116. The number of methoxy groups -OCH3 is 1. The van der Waals surface area contributed by atoms with Gasteiger partial charge in [-0.2, -0.15) is 0 Å². The predicted molar refractivity (Wildman–Crippen MR) is 139 cm³/mol. The van der Waals surface area contributed by atoms with Crippen molar-refractivity contribution in [2.75, 3.05) is 22.6 Å². The molecule has 0 saturated carbocycles. The van der Waals surface area contributed by atoms with Crippen LogP contribution in [0.1, 0.15) is 36.3 Å². The molecule has 186 valence electrons. The SMILES string of the molecule is COc1ccc(NC(=O)N2c3ccccc3NC3=C(C(=O)C[C@@H](c4ccco4)C3)[C@@H]2c2ccco2)cc1. The van der Waals surface area contributed by atoms with Gasteiger partial charge in [-0.05, 0) is 67.1 Å². The molecular weight excluding hydrogens is 470 g/mol. The number of amides is 2. The van der Waals surface area contributed by atoms with Crippen LogP contribution < -0.4 is 20.3 Å². The fourth-order valence-corrected chi connectivity index (χ4v) is 5.11. The van der Waals surface area contributed by atoms with E-state index in [0.717, 1.165) is 17.1 Å². The predicted octanol–water partition coefficient (Wildman–Crippen LogP) is 6.49. The smallest absolute Gasteiger partial charge is 0.327 e. The van der Waals surface area contributed by atoms with Crippen LogP contribution in [0.4, 0.5) is 21.9 Å². The number of rotatable bonds is 4. The summed E-state index contributed by atoms with van der Waals surface area (Å²) in [5, 5.41) is 6.45. The number of para-hydroxylation sites is 2. The van der Waals surface area contributed by atoms with Crippen LogP contribution in [0.5, 0.6) is 5.75 Å². The summed E-state index contributed by atoms with van der Waals surface area (Å²) in [6, 6.07) is 20.7. The topological polar surface area (TPSA) is 97.0 Å². The van der Waals surface area contributed by atoms with E-state index in [1.165, 1.54) is 0 Å². The zero-order valence-corrected chi connectivity index (χ0v) is 20.1. The Hall–Kier alpha value is -4.72. The number of fused-ring (bicyclic) bond motifs is 1. The van der Waals surface area contributed by atoms with Gasteiger partial charge in [-0.1, -0.05) is 12.1 Å².